The molecular formula is C15H19ClO. The maximum atomic E-state index is 11.9. The van der Waals surface area contributed by atoms with E-state index < -0.39 is 0 Å². The van der Waals surface area contributed by atoms with Gasteiger partial charge in [-0.3, -0.25) is 4.79 Å². The zero-order valence-corrected chi connectivity index (χ0v) is 11.1. The predicted octanol–water partition coefficient (Wildman–Crippen LogP) is 4.97. The molecule has 1 nitrogen and oxygen atoms in total. The van der Waals surface area contributed by atoms with Gasteiger partial charge in [0.15, 0.2) is 5.78 Å². The fourth-order valence-corrected chi connectivity index (χ4v) is 1.98. The lowest BCUT2D eigenvalue weighted by Crippen LogP contribution is -2.00. The van der Waals surface area contributed by atoms with Gasteiger partial charge in [-0.15, -0.1) is 6.58 Å². The molecule has 0 atom stereocenters. The summed E-state index contributed by atoms with van der Waals surface area (Å²) in [6.07, 6.45) is 6.63. The number of unbranched alkanes of at least 4 members (excludes halogenated alkanes) is 3. The number of hydrogen-bond acceptors (Lipinski definition) is 1. The third-order valence-corrected chi connectivity index (χ3v) is 3.31. The Morgan fingerprint density at radius 1 is 1.35 bits per heavy atom. The van der Waals surface area contributed by atoms with Gasteiger partial charge in [-0.2, -0.15) is 0 Å². The zero-order valence-electron chi connectivity index (χ0n) is 10.3. The van der Waals surface area contributed by atoms with E-state index in [-0.39, 0.29) is 5.78 Å². The van der Waals surface area contributed by atoms with Crippen LogP contribution in [0.15, 0.2) is 30.9 Å². The minimum Gasteiger partial charge on any atom is -0.294 e. The summed E-state index contributed by atoms with van der Waals surface area (Å²) in [5, 5.41) is 0.601. The Morgan fingerprint density at radius 3 is 2.82 bits per heavy atom. The highest BCUT2D eigenvalue weighted by Crippen LogP contribution is 2.22. The van der Waals surface area contributed by atoms with Gasteiger partial charge in [0.1, 0.15) is 0 Å². The third-order valence-electron chi connectivity index (χ3n) is 2.80. The molecule has 0 spiro atoms. The first kappa shape index (κ1) is 14.0. The van der Waals surface area contributed by atoms with Crippen molar-refractivity contribution in [2.24, 2.45) is 0 Å². The number of carbonyl (C=O) groups is 1. The molecule has 92 valence electrons. The topological polar surface area (TPSA) is 17.1 Å². The lowest BCUT2D eigenvalue weighted by atomic mass is 10.0. The van der Waals surface area contributed by atoms with E-state index in [1.807, 2.05) is 25.1 Å². The SMILES string of the molecule is C=CCCCCCC(=O)c1cccc(C)c1Cl. The van der Waals surface area contributed by atoms with Gasteiger partial charge in [-0.25, -0.2) is 0 Å². The van der Waals surface area contributed by atoms with Crippen LogP contribution in [0, 0.1) is 6.92 Å². The van der Waals surface area contributed by atoms with Crippen LogP contribution in [0.5, 0.6) is 0 Å². The number of carbonyl (C=O) groups excluding carboxylic acids is 1. The van der Waals surface area contributed by atoms with Gasteiger partial charge in [-0.05, 0) is 37.8 Å². The molecule has 1 aromatic rings. The van der Waals surface area contributed by atoms with E-state index >= 15 is 0 Å². The first-order valence-electron chi connectivity index (χ1n) is 6.06. The van der Waals surface area contributed by atoms with Gasteiger partial charge >= 0.3 is 0 Å². The monoisotopic (exact) mass is 250 g/mol. The molecule has 0 aromatic heterocycles. The molecule has 0 saturated carbocycles. The normalized spacial score (nSPS) is 10.2. The van der Waals surface area contributed by atoms with Crippen LogP contribution >= 0.6 is 11.6 Å². The molecule has 0 aliphatic heterocycles. The molecule has 0 aliphatic carbocycles. The third kappa shape index (κ3) is 4.35. The second-order valence-corrected chi connectivity index (χ2v) is 4.63. The molecular weight excluding hydrogens is 232 g/mol. The predicted molar refractivity (Wildman–Crippen MR) is 73.8 cm³/mol. The van der Waals surface area contributed by atoms with Gasteiger partial charge in [0, 0.05) is 12.0 Å². The largest absolute Gasteiger partial charge is 0.294 e. The molecule has 0 bridgehead atoms. The van der Waals surface area contributed by atoms with Crippen LogP contribution in [0.1, 0.15) is 48.0 Å². The van der Waals surface area contributed by atoms with Crippen molar-refractivity contribution < 1.29 is 4.79 Å². The average Bonchev–Trinajstić information content (AvgIpc) is 2.32. The molecule has 0 amide bonds. The van der Waals surface area contributed by atoms with Crippen molar-refractivity contribution in [2.45, 2.75) is 39.0 Å². The smallest absolute Gasteiger partial charge is 0.164 e. The van der Waals surface area contributed by atoms with Crippen LogP contribution in [0.3, 0.4) is 0 Å². The standard InChI is InChI=1S/C15H19ClO/c1-3-4-5-6-7-11-14(17)13-10-8-9-12(2)15(13)16/h3,8-10H,1,4-7,11H2,2H3. The van der Waals surface area contributed by atoms with E-state index in [2.05, 4.69) is 6.58 Å². The van der Waals surface area contributed by atoms with Crippen molar-refractivity contribution in [1.29, 1.82) is 0 Å². The summed E-state index contributed by atoms with van der Waals surface area (Å²) < 4.78 is 0. The summed E-state index contributed by atoms with van der Waals surface area (Å²) in [4.78, 5) is 11.9. The van der Waals surface area contributed by atoms with Gasteiger partial charge in [0.2, 0.25) is 0 Å². The minimum absolute atomic E-state index is 0.150. The van der Waals surface area contributed by atoms with Crippen LogP contribution < -0.4 is 0 Å². The molecule has 0 saturated heterocycles. The Morgan fingerprint density at radius 2 is 2.12 bits per heavy atom. The first-order valence-corrected chi connectivity index (χ1v) is 6.44. The molecule has 0 N–H and O–H groups in total. The van der Waals surface area contributed by atoms with Crippen molar-refractivity contribution in [3.05, 3.63) is 47.0 Å². The molecule has 0 heterocycles. The number of hydrogen-bond donors (Lipinski definition) is 0. The van der Waals surface area contributed by atoms with Crippen molar-refractivity contribution in [3.63, 3.8) is 0 Å². The lowest BCUT2D eigenvalue weighted by Gasteiger charge is -2.05. The second kappa shape index (κ2) is 7.29. The average molecular weight is 251 g/mol. The zero-order chi connectivity index (χ0) is 12.7. The van der Waals surface area contributed by atoms with Crippen molar-refractivity contribution in [2.75, 3.05) is 0 Å². The van der Waals surface area contributed by atoms with Crippen LogP contribution in [0.25, 0.3) is 0 Å². The molecule has 1 rings (SSSR count). The highest BCUT2D eigenvalue weighted by atomic mass is 35.5. The number of aryl methyl sites for hydroxylation is 1. The van der Waals surface area contributed by atoms with E-state index in [1.54, 1.807) is 6.07 Å². The quantitative estimate of drug-likeness (QED) is 0.379. The summed E-state index contributed by atoms with van der Waals surface area (Å²) in [5.74, 6) is 0.150. The number of allylic oxidation sites excluding steroid dienone is 1. The summed E-state index contributed by atoms with van der Waals surface area (Å²) in [7, 11) is 0. The summed E-state index contributed by atoms with van der Waals surface area (Å²) in [6, 6.07) is 5.61. The Hall–Kier alpha value is -1.08. The van der Waals surface area contributed by atoms with Crippen LogP contribution in [0.2, 0.25) is 5.02 Å². The van der Waals surface area contributed by atoms with Gasteiger partial charge in [-0.1, -0.05) is 36.2 Å². The van der Waals surface area contributed by atoms with Crippen molar-refractivity contribution >= 4 is 17.4 Å². The Labute approximate surface area is 108 Å². The summed E-state index contributed by atoms with van der Waals surface area (Å²) >= 11 is 6.12. The van der Waals surface area contributed by atoms with E-state index in [0.717, 1.165) is 31.2 Å². The van der Waals surface area contributed by atoms with Gasteiger partial charge in [0.25, 0.3) is 0 Å². The van der Waals surface area contributed by atoms with E-state index in [9.17, 15) is 4.79 Å². The molecule has 0 fully saturated rings. The van der Waals surface area contributed by atoms with E-state index in [0.29, 0.717) is 17.0 Å². The number of Topliss-reactive ketones (excluding diaryl/α,β-unsaturated/α-hetero) is 1. The highest BCUT2D eigenvalue weighted by molar-refractivity contribution is 6.34. The van der Waals surface area contributed by atoms with Crippen molar-refractivity contribution in [3.8, 4) is 0 Å². The Balaban J connectivity index is 2.47. The minimum atomic E-state index is 0.150. The van der Waals surface area contributed by atoms with Crippen LogP contribution in [0.4, 0.5) is 0 Å². The Kier molecular flexibility index (Phi) is 5.99. The highest BCUT2D eigenvalue weighted by Gasteiger charge is 2.10. The van der Waals surface area contributed by atoms with Gasteiger partial charge in [0.05, 0.1) is 5.02 Å². The van der Waals surface area contributed by atoms with Crippen LogP contribution in [-0.4, -0.2) is 5.78 Å². The molecule has 0 radical (unpaired) electrons. The Bertz CT molecular complexity index is 396. The number of rotatable bonds is 7. The summed E-state index contributed by atoms with van der Waals surface area (Å²) in [6.45, 7) is 5.60. The van der Waals surface area contributed by atoms with Gasteiger partial charge < -0.3 is 0 Å². The van der Waals surface area contributed by atoms with E-state index in [4.69, 9.17) is 11.6 Å². The maximum Gasteiger partial charge on any atom is 0.164 e. The van der Waals surface area contributed by atoms with Crippen LogP contribution in [-0.2, 0) is 0 Å². The molecule has 2 heteroatoms. The second-order valence-electron chi connectivity index (χ2n) is 4.25. The number of ketones is 1. The first-order chi connectivity index (χ1) is 8.16. The fourth-order valence-electron chi connectivity index (χ4n) is 1.75. The number of benzene rings is 1. The summed E-state index contributed by atoms with van der Waals surface area (Å²) in [5.41, 5.74) is 1.62. The molecule has 17 heavy (non-hydrogen) atoms. The molecule has 1 aromatic carbocycles. The van der Waals surface area contributed by atoms with E-state index in [1.165, 1.54) is 0 Å². The molecule has 0 unspecified atom stereocenters. The molecule has 0 aliphatic rings. The van der Waals surface area contributed by atoms with Crippen molar-refractivity contribution in [1.82, 2.24) is 0 Å². The number of halogens is 1. The maximum absolute atomic E-state index is 11.9. The lowest BCUT2D eigenvalue weighted by molar-refractivity contribution is 0.0979. The fraction of sp³-hybridized carbons (Fsp3) is 0.400.